The van der Waals surface area contributed by atoms with Crippen LogP contribution in [0.1, 0.15) is 29.6 Å². The summed E-state index contributed by atoms with van der Waals surface area (Å²) in [5, 5.41) is 4.33. The number of carbonyl (C=O) groups is 2. The van der Waals surface area contributed by atoms with Crippen molar-refractivity contribution >= 4 is 11.8 Å². The minimum absolute atomic E-state index is 0.0750. The van der Waals surface area contributed by atoms with Gasteiger partial charge in [0.25, 0.3) is 5.91 Å². The third-order valence-electron chi connectivity index (χ3n) is 5.75. The highest BCUT2D eigenvalue weighted by molar-refractivity contribution is 5.95. The van der Waals surface area contributed by atoms with Crippen molar-refractivity contribution in [2.24, 2.45) is 5.41 Å². The Morgan fingerprint density at radius 3 is 2.85 bits per heavy atom. The number of nitrogens with zero attached hydrogens (tertiary/aromatic N) is 4. The highest BCUT2D eigenvalue weighted by Crippen LogP contribution is 2.40. The average Bonchev–Trinajstić information content (AvgIpc) is 3.34. The Balaban J connectivity index is 1.53. The Bertz CT molecular complexity index is 878. The van der Waals surface area contributed by atoms with Crippen LogP contribution in [-0.4, -0.2) is 65.2 Å². The van der Waals surface area contributed by atoms with Crippen LogP contribution in [0.3, 0.4) is 0 Å². The summed E-state index contributed by atoms with van der Waals surface area (Å²) < 4.78 is 7.02. The van der Waals surface area contributed by atoms with E-state index >= 15 is 0 Å². The van der Waals surface area contributed by atoms with Gasteiger partial charge in [-0.25, -0.2) is 4.68 Å². The fraction of sp³-hybridized carbons (Fsp3) is 0.450. The molecule has 1 aromatic carbocycles. The van der Waals surface area contributed by atoms with Gasteiger partial charge in [0.05, 0.1) is 24.3 Å². The number of hydrogen-bond donors (Lipinski definition) is 0. The van der Waals surface area contributed by atoms with E-state index in [0.29, 0.717) is 24.4 Å². The van der Waals surface area contributed by atoms with E-state index in [1.807, 2.05) is 31.3 Å². The van der Waals surface area contributed by atoms with E-state index in [2.05, 4.69) is 5.10 Å². The molecule has 1 spiro atoms. The number of amides is 2. The summed E-state index contributed by atoms with van der Waals surface area (Å²) in [6.07, 6.45) is 5.90. The monoisotopic (exact) mass is 368 g/mol. The van der Waals surface area contributed by atoms with Gasteiger partial charge in [-0.15, -0.1) is 0 Å². The van der Waals surface area contributed by atoms with Gasteiger partial charge in [0.2, 0.25) is 5.91 Å². The molecule has 1 atom stereocenters. The number of methoxy groups -OCH3 is 1. The van der Waals surface area contributed by atoms with Crippen molar-refractivity contribution in [2.45, 2.75) is 19.3 Å². The van der Waals surface area contributed by atoms with E-state index in [-0.39, 0.29) is 11.8 Å². The number of piperidine rings is 1. The summed E-state index contributed by atoms with van der Waals surface area (Å²) in [5.74, 6) is 0.790. The van der Waals surface area contributed by atoms with E-state index in [1.54, 1.807) is 34.0 Å². The van der Waals surface area contributed by atoms with Gasteiger partial charge in [0.1, 0.15) is 11.4 Å². The molecule has 0 N–H and O–H groups in total. The number of ether oxygens (including phenoxy) is 1. The molecule has 0 unspecified atom stereocenters. The summed E-state index contributed by atoms with van der Waals surface area (Å²) >= 11 is 0. The van der Waals surface area contributed by atoms with Gasteiger partial charge in [-0.1, -0.05) is 12.1 Å². The average molecular weight is 368 g/mol. The maximum Gasteiger partial charge on any atom is 0.257 e. The van der Waals surface area contributed by atoms with E-state index < -0.39 is 5.41 Å². The van der Waals surface area contributed by atoms with Gasteiger partial charge in [0, 0.05) is 32.9 Å². The van der Waals surface area contributed by atoms with E-state index in [4.69, 9.17) is 4.74 Å². The van der Waals surface area contributed by atoms with Gasteiger partial charge in [-0.3, -0.25) is 9.59 Å². The number of rotatable bonds is 3. The maximum atomic E-state index is 13.0. The SMILES string of the molecule is COc1ccccc1-n1cc(C(=O)N2CC[C@]3(CCCN(C)C3=O)C2)cn1. The zero-order valence-electron chi connectivity index (χ0n) is 15.7. The summed E-state index contributed by atoms with van der Waals surface area (Å²) in [6.45, 7) is 1.91. The Hall–Kier alpha value is -2.83. The second-order valence-corrected chi connectivity index (χ2v) is 7.43. The number of likely N-dealkylation sites (tertiary alicyclic amines) is 2. The molecule has 3 heterocycles. The van der Waals surface area contributed by atoms with Crippen LogP contribution in [-0.2, 0) is 4.79 Å². The lowest BCUT2D eigenvalue weighted by molar-refractivity contribution is -0.143. The van der Waals surface area contributed by atoms with Gasteiger partial charge < -0.3 is 14.5 Å². The number of aromatic nitrogens is 2. The standard InChI is InChI=1S/C20H24N4O3/c1-22-10-5-8-20(19(22)26)9-11-23(14-20)18(25)15-12-21-24(13-15)16-6-3-4-7-17(16)27-2/h3-4,6-7,12-13H,5,8-11,14H2,1-2H3/t20-/m1/s1. The molecule has 7 heteroatoms. The lowest BCUT2D eigenvalue weighted by Crippen LogP contribution is -2.48. The van der Waals surface area contributed by atoms with Crippen molar-refractivity contribution in [1.29, 1.82) is 0 Å². The number of hydrogen-bond acceptors (Lipinski definition) is 4. The van der Waals surface area contributed by atoms with Crippen LogP contribution in [0.5, 0.6) is 5.75 Å². The molecule has 4 rings (SSSR count). The van der Waals surface area contributed by atoms with Crippen LogP contribution in [0, 0.1) is 5.41 Å². The highest BCUT2D eigenvalue weighted by Gasteiger charge is 2.48. The minimum atomic E-state index is -0.401. The summed E-state index contributed by atoms with van der Waals surface area (Å²) in [5.41, 5.74) is 0.900. The first-order valence-corrected chi connectivity index (χ1v) is 9.27. The van der Waals surface area contributed by atoms with Crippen molar-refractivity contribution in [3.05, 3.63) is 42.2 Å². The third kappa shape index (κ3) is 2.97. The lowest BCUT2D eigenvalue weighted by Gasteiger charge is -2.37. The molecule has 0 saturated carbocycles. The topological polar surface area (TPSA) is 67.7 Å². The minimum Gasteiger partial charge on any atom is -0.494 e. The first kappa shape index (κ1) is 17.6. The molecule has 2 aliphatic heterocycles. The Kier molecular flexibility index (Phi) is 4.37. The maximum absolute atomic E-state index is 13.0. The molecule has 0 bridgehead atoms. The molecule has 0 radical (unpaired) electrons. The summed E-state index contributed by atoms with van der Waals surface area (Å²) in [4.78, 5) is 29.2. The van der Waals surface area contributed by atoms with Crippen LogP contribution in [0.2, 0.25) is 0 Å². The molecule has 0 aliphatic carbocycles. The Labute approximate surface area is 158 Å². The summed E-state index contributed by atoms with van der Waals surface area (Å²) in [7, 11) is 3.46. The molecule has 2 fully saturated rings. The van der Waals surface area contributed by atoms with Crippen LogP contribution >= 0.6 is 0 Å². The van der Waals surface area contributed by atoms with Crippen LogP contribution < -0.4 is 4.74 Å². The van der Waals surface area contributed by atoms with Gasteiger partial charge in [-0.05, 0) is 31.4 Å². The molecule has 1 aromatic heterocycles. The highest BCUT2D eigenvalue weighted by atomic mass is 16.5. The van der Waals surface area contributed by atoms with E-state index in [0.717, 1.165) is 31.5 Å². The molecule has 7 nitrogen and oxygen atoms in total. The van der Waals surface area contributed by atoms with E-state index in [9.17, 15) is 9.59 Å². The van der Waals surface area contributed by atoms with Crippen LogP contribution in [0.4, 0.5) is 0 Å². The fourth-order valence-corrected chi connectivity index (χ4v) is 4.26. The van der Waals surface area contributed by atoms with Gasteiger partial charge in [-0.2, -0.15) is 5.10 Å². The normalized spacial score (nSPS) is 22.5. The number of carbonyl (C=O) groups excluding carboxylic acids is 2. The van der Waals surface area contributed by atoms with E-state index in [1.165, 1.54) is 0 Å². The quantitative estimate of drug-likeness (QED) is 0.831. The van der Waals surface area contributed by atoms with Gasteiger partial charge >= 0.3 is 0 Å². The van der Waals surface area contributed by atoms with Crippen molar-refractivity contribution in [1.82, 2.24) is 19.6 Å². The largest absolute Gasteiger partial charge is 0.494 e. The van der Waals surface area contributed by atoms with Crippen molar-refractivity contribution < 1.29 is 14.3 Å². The summed E-state index contributed by atoms with van der Waals surface area (Å²) in [6, 6.07) is 7.53. The molecule has 2 amide bonds. The predicted molar refractivity (Wildman–Crippen MR) is 99.9 cm³/mol. The molecule has 2 aromatic rings. The first-order valence-electron chi connectivity index (χ1n) is 9.27. The van der Waals surface area contributed by atoms with Gasteiger partial charge in [0.15, 0.2) is 0 Å². The molecular weight excluding hydrogens is 344 g/mol. The number of para-hydroxylation sites is 2. The van der Waals surface area contributed by atoms with Crippen molar-refractivity contribution in [3.63, 3.8) is 0 Å². The zero-order valence-corrected chi connectivity index (χ0v) is 15.7. The predicted octanol–water partition coefficient (Wildman–Crippen LogP) is 1.97. The van der Waals surface area contributed by atoms with Crippen LogP contribution in [0.25, 0.3) is 5.69 Å². The fourth-order valence-electron chi connectivity index (χ4n) is 4.26. The molecular formula is C20H24N4O3. The molecule has 2 aliphatic rings. The molecule has 142 valence electrons. The first-order chi connectivity index (χ1) is 13.0. The Morgan fingerprint density at radius 1 is 1.22 bits per heavy atom. The smallest absolute Gasteiger partial charge is 0.257 e. The molecule has 27 heavy (non-hydrogen) atoms. The second kappa shape index (κ2) is 6.72. The number of benzene rings is 1. The second-order valence-electron chi connectivity index (χ2n) is 7.43. The lowest BCUT2D eigenvalue weighted by atomic mass is 9.78. The van der Waals surface area contributed by atoms with Crippen molar-refractivity contribution in [2.75, 3.05) is 33.8 Å². The zero-order chi connectivity index (χ0) is 19.0. The third-order valence-corrected chi connectivity index (χ3v) is 5.75. The van der Waals surface area contributed by atoms with Crippen molar-refractivity contribution in [3.8, 4) is 11.4 Å². The molecule has 2 saturated heterocycles. The Morgan fingerprint density at radius 2 is 2.04 bits per heavy atom. The van der Waals surface area contributed by atoms with Crippen LogP contribution in [0.15, 0.2) is 36.7 Å².